The number of ether oxygens (including phenoxy) is 1. The minimum Gasteiger partial charge on any atom is -0.486 e. The molecule has 0 aliphatic carbocycles. The van der Waals surface area contributed by atoms with Gasteiger partial charge < -0.3 is 15.0 Å². The van der Waals surface area contributed by atoms with Gasteiger partial charge >= 0.3 is 0 Å². The van der Waals surface area contributed by atoms with Crippen molar-refractivity contribution in [3.63, 3.8) is 0 Å². The lowest BCUT2D eigenvalue weighted by atomic mass is 9.87. The van der Waals surface area contributed by atoms with Crippen LogP contribution in [0.1, 0.15) is 42.4 Å². The number of halogens is 1. The molecule has 166 valence electrons. The maximum atomic E-state index is 11.9. The van der Waals surface area contributed by atoms with E-state index in [1.165, 1.54) is 11.9 Å². The van der Waals surface area contributed by atoms with E-state index in [9.17, 15) is 4.79 Å². The number of amides is 1. The molecule has 1 amide bonds. The van der Waals surface area contributed by atoms with Crippen LogP contribution < -0.4 is 10.1 Å². The first kappa shape index (κ1) is 21.0. The van der Waals surface area contributed by atoms with Crippen molar-refractivity contribution in [3.8, 4) is 17.6 Å². The molecule has 0 bridgehead atoms. The van der Waals surface area contributed by atoms with Gasteiger partial charge in [-0.25, -0.2) is 9.97 Å². The summed E-state index contributed by atoms with van der Waals surface area (Å²) in [6.07, 6.45) is 3.67. The van der Waals surface area contributed by atoms with Gasteiger partial charge in [0.1, 0.15) is 29.7 Å². The molecule has 0 atom stereocenters. The summed E-state index contributed by atoms with van der Waals surface area (Å²) < 4.78 is 6.07. The number of rotatable bonds is 2. The second-order valence-corrected chi connectivity index (χ2v) is 9.03. The molecule has 5 rings (SSSR count). The molecule has 2 aromatic rings. The molecule has 2 saturated heterocycles. The summed E-state index contributed by atoms with van der Waals surface area (Å²) in [5.74, 6) is 7.31. The summed E-state index contributed by atoms with van der Waals surface area (Å²) in [6, 6.07) is 4.90. The fraction of sp³-hybridized carbons (Fsp3) is 0.458. The molecule has 4 heterocycles. The summed E-state index contributed by atoms with van der Waals surface area (Å²) in [5.41, 5.74) is 4.14. The number of anilines is 2. The highest BCUT2D eigenvalue weighted by molar-refractivity contribution is 6.30. The molecule has 2 fully saturated rings. The van der Waals surface area contributed by atoms with Gasteiger partial charge in [0.15, 0.2) is 0 Å². The van der Waals surface area contributed by atoms with E-state index >= 15 is 0 Å². The summed E-state index contributed by atoms with van der Waals surface area (Å²) >= 11 is 6.24. The zero-order chi connectivity index (χ0) is 22.2. The third-order valence-corrected chi connectivity index (χ3v) is 7.03. The van der Waals surface area contributed by atoms with Gasteiger partial charge in [-0.05, 0) is 68.8 Å². The lowest BCUT2D eigenvalue weighted by Gasteiger charge is -2.47. The number of aryl methyl sites for hydroxylation is 1. The second-order valence-electron chi connectivity index (χ2n) is 8.67. The van der Waals surface area contributed by atoms with Crippen LogP contribution in [0.3, 0.4) is 0 Å². The molecule has 3 aliphatic rings. The second kappa shape index (κ2) is 8.61. The Morgan fingerprint density at radius 2 is 2.03 bits per heavy atom. The van der Waals surface area contributed by atoms with Crippen LogP contribution >= 0.6 is 11.6 Å². The molecule has 3 aliphatic heterocycles. The van der Waals surface area contributed by atoms with E-state index < -0.39 is 0 Å². The topological polar surface area (TPSA) is 70.6 Å². The zero-order valence-electron chi connectivity index (χ0n) is 18.3. The standard InChI is InChI=1S/C24H26ClN5O2/c1-3-4-21(31)30-11-18(12-30)29-7-5-16(6-8-29)17-9-15(2)22-20(10-17)28-24-19(13-32-22)23(25)26-14-27-24/h9-10,14,16,18H,5-8,11-13H2,1-2H3,(H,26,27,28). The van der Waals surface area contributed by atoms with Gasteiger partial charge in [0, 0.05) is 19.1 Å². The van der Waals surface area contributed by atoms with E-state index in [1.54, 1.807) is 6.92 Å². The highest BCUT2D eigenvalue weighted by Crippen LogP contribution is 2.41. The molecule has 7 nitrogen and oxygen atoms in total. The highest BCUT2D eigenvalue weighted by atomic mass is 35.5. The molecule has 1 N–H and O–H groups in total. The Morgan fingerprint density at radius 1 is 1.25 bits per heavy atom. The van der Waals surface area contributed by atoms with Crippen LogP contribution in [0.4, 0.5) is 11.5 Å². The van der Waals surface area contributed by atoms with Crippen molar-refractivity contribution < 1.29 is 9.53 Å². The smallest absolute Gasteiger partial charge is 0.298 e. The number of nitrogens with zero attached hydrogens (tertiary/aromatic N) is 4. The van der Waals surface area contributed by atoms with Crippen LogP contribution in [0.2, 0.25) is 5.15 Å². The van der Waals surface area contributed by atoms with Crippen molar-refractivity contribution in [2.45, 2.75) is 45.3 Å². The van der Waals surface area contributed by atoms with Gasteiger partial charge in [0.2, 0.25) is 0 Å². The largest absolute Gasteiger partial charge is 0.486 e. The van der Waals surface area contributed by atoms with Crippen LogP contribution in [-0.2, 0) is 11.4 Å². The summed E-state index contributed by atoms with van der Waals surface area (Å²) in [7, 11) is 0. The SMILES string of the molecule is CC#CC(=O)N1CC(N2CCC(c3cc(C)c4c(c3)Nc3ncnc(Cl)c3CO4)CC2)C1. The van der Waals surface area contributed by atoms with E-state index in [1.807, 2.05) is 4.90 Å². The average Bonchev–Trinajstić information content (AvgIpc) is 2.94. The van der Waals surface area contributed by atoms with Crippen LogP contribution in [0.15, 0.2) is 18.5 Å². The molecule has 8 heteroatoms. The molecule has 1 aromatic carbocycles. The first-order valence-corrected chi connectivity index (χ1v) is 11.4. The van der Waals surface area contributed by atoms with Gasteiger partial charge in [0.25, 0.3) is 5.91 Å². The lowest BCUT2D eigenvalue weighted by Crippen LogP contribution is -2.61. The fourth-order valence-electron chi connectivity index (χ4n) is 4.86. The van der Waals surface area contributed by atoms with Gasteiger partial charge in [-0.15, -0.1) is 0 Å². The number of hydrogen-bond acceptors (Lipinski definition) is 6. The van der Waals surface area contributed by atoms with Crippen molar-refractivity contribution in [1.29, 1.82) is 0 Å². The fourth-order valence-corrected chi connectivity index (χ4v) is 5.04. The van der Waals surface area contributed by atoms with Crippen molar-refractivity contribution in [2.24, 2.45) is 0 Å². The van der Waals surface area contributed by atoms with Gasteiger partial charge in [-0.2, -0.15) is 0 Å². The maximum absolute atomic E-state index is 11.9. The van der Waals surface area contributed by atoms with E-state index in [-0.39, 0.29) is 5.91 Å². The zero-order valence-corrected chi connectivity index (χ0v) is 19.1. The minimum absolute atomic E-state index is 0.0538. The number of piperidine rings is 1. The van der Waals surface area contributed by atoms with Crippen LogP contribution in [0, 0.1) is 18.8 Å². The first-order chi connectivity index (χ1) is 15.5. The minimum atomic E-state index is -0.0538. The molecule has 0 spiro atoms. The molecule has 0 radical (unpaired) electrons. The van der Waals surface area contributed by atoms with Crippen LogP contribution in [0.25, 0.3) is 0 Å². The third-order valence-electron chi connectivity index (χ3n) is 6.70. The lowest BCUT2D eigenvalue weighted by molar-refractivity contribution is -0.132. The quantitative estimate of drug-likeness (QED) is 0.556. The molecule has 1 aromatic heterocycles. The number of fused-ring (bicyclic) bond motifs is 2. The number of benzene rings is 1. The number of nitrogens with one attached hydrogen (secondary N) is 1. The Hall–Kier alpha value is -2.82. The molecular formula is C24H26ClN5O2. The van der Waals surface area contributed by atoms with Crippen molar-refractivity contribution in [1.82, 2.24) is 19.8 Å². The van der Waals surface area contributed by atoms with E-state index in [0.717, 1.165) is 61.6 Å². The third kappa shape index (κ3) is 3.89. The highest BCUT2D eigenvalue weighted by Gasteiger charge is 2.36. The summed E-state index contributed by atoms with van der Waals surface area (Å²) in [5, 5.41) is 3.83. The van der Waals surface area contributed by atoms with Gasteiger partial charge in [-0.3, -0.25) is 9.69 Å². The normalized spacial score (nSPS) is 18.8. The number of carbonyl (C=O) groups is 1. The Balaban J connectivity index is 1.26. The number of hydrogen-bond donors (Lipinski definition) is 1. The average molecular weight is 452 g/mol. The monoisotopic (exact) mass is 451 g/mol. The number of aromatic nitrogens is 2. The maximum Gasteiger partial charge on any atom is 0.298 e. The van der Waals surface area contributed by atoms with Gasteiger partial charge in [0.05, 0.1) is 11.3 Å². The van der Waals surface area contributed by atoms with E-state index in [2.05, 4.69) is 51.1 Å². The number of carbonyl (C=O) groups excluding carboxylic acids is 1. The summed E-state index contributed by atoms with van der Waals surface area (Å²) in [6.45, 7) is 7.81. The molecule has 32 heavy (non-hydrogen) atoms. The van der Waals surface area contributed by atoms with Crippen molar-refractivity contribution in [3.05, 3.63) is 40.3 Å². The predicted molar refractivity (Wildman–Crippen MR) is 123 cm³/mol. The Morgan fingerprint density at radius 3 is 2.78 bits per heavy atom. The van der Waals surface area contributed by atoms with Crippen LogP contribution in [-0.4, -0.2) is 57.9 Å². The summed E-state index contributed by atoms with van der Waals surface area (Å²) in [4.78, 5) is 24.6. The van der Waals surface area contributed by atoms with Crippen molar-refractivity contribution >= 4 is 29.0 Å². The molecule has 0 unspecified atom stereocenters. The van der Waals surface area contributed by atoms with E-state index in [0.29, 0.717) is 29.5 Å². The number of likely N-dealkylation sites (tertiary alicyclic amines) is 2. The predicted octanol–water partition coefficient (Wildman–Crippen LogP) is 3.49. The molecular weight excluding hydrogens is 426 g/mol. The Bertz CT molecular complexity index is 1110. The Labute approximate surface area is 193 Å². The Kier molecular flexibility index (Phi) is 5.66. The first-order valence-electron chi connectivity index (χ1n) is 11.0. The van der Waals surface area contributed by atoms with Crippen LogP contribution in [0.5, 0.6) is 5.75 Å². The molecule has 0 saturated carbocycles. The van der Waals surface area contributed by atoms with Gasteiger partial charge in [-0.1, -0.05) is 23.6 Å². The van der Waals surface area contributed by atoms with Crippen molar-refractivity contribution in [2.75, 3.05) is 31.5 Å². The van der Waals surface area contributed by atoms with E-state index in [4.69, 9.17) is 16.3 Å².